The highest BCUT2D eigenvalue weighted by molar-refractivity contribution is 6.30. The Bertz CT molecular complexity index is 326. The van der Waals surface area contributed by atoms with Crippen molar-refractivity contribution in [3.63, 3.8) is 0 Å². The minimum absolute atomic E-state index is 0.0451. The molecule has 0 aliphatic rings. The van der Waals surface area contributed by atoms with Gasteiger partial charge in [-0.25, -0.2) is 8.78 Å². The number of carbonyl (C=O) groups excluding carboxylic acids is 1. The maximum absolute atomic E-state index is 12.5. The third kappa shape index (κ3) is 2.77. The summed E-state index contributed by atoms with van der Waals surface area (Å²) >= 11 is 5.67. The van der Waals surface area contributed by atoms with Gasteiger partial charge in [-0.15, -0.1) is 0 Å². The van der Waals surface area contributed by atoms with E-state index in [4.69, 9.17) is 11.6 Å². The van der Waals surface area contributed by atoms with Gasteiger partial charge in [0, 0.05) is 17.0 Å². The van der Waals surface area contributed by atoms with E-state index in [-0.39, 0.29) is 12.0 Å². The Balaban J connectivity index is 2.96. The second-order valence-corrected chi connectivity index (χ2v) is 3.29. The average Bonchev–Trinajstić information content (AvgIpc) is 2.14. The van der Waals surface area contributed by atoms with Gasteiger partial charge in [0.05, 0.1) is 0 Å². The van der Waals surface area contributed by atoms with Crippen molar-refractivity contribution in [1.29, 1.82) is 0 Å². The van der Waals surface area contributed by atoms with Crippen molar-refractivity contribution in [3.05, 3.63) is 34.3 Å². The van der Waals surface area contributed by atoms with Gasteiger partial charge in [-0.2, -0.15) is 0 Å². The third-order valence-corrected chi connectivity index (χ3v) is 2.11. The molecule has 4 heteroatoms. The molecular weight excluding hydrogens is 210 g/mol. The lowest BCUT2D eigenvalue weighted by atomic mass is 10.0. The first kappa shape index (κ1) is 11.1. The Labute approximate surface area is 85.7 Å². The fourth-order valence-corrected chi connectivity index (χ4v) is 1.41. The van der Waals surface area contributed by atoms with Crippen LogP contribution in [0.25, 0.3) is 0 Å². The summed E-state index contributed by atoms with van der Waals surface area (Å²) < 4.78 is 24.9. The number of hydrogen-bond acceptors (Lipinski definition) is 1. The molecule has 0 aliphatic heterocycles. The van der Waals surface area contributed by atoms with Crippen molar-refractivity contribution < 1.29 is 13.6 Å². The van der Waals surface area contributed by atoms with Crippen molar-refractivity contribution in [2.75, 3.05) is 0 Å². The summed E-state index contributed by atoms with van der Waals surface area (Å²) in [4.78, 5) is 10.1. The lowest BCUT2D eigenvalue weighted by Crippen LogP contribution is -1.95. The molecular formula is C10H9ClF2O. The molecule has 1 aromatic rings. The molecule has 0 unspecified atom stereocenters. The summed E-state index contributed by atoms with van der Waals surface area (Å²) in [5.74, 6) is 0. The summed E-state index contributed by atoms with van der Waals surface area (Å²) in [5, 5.41) is 0.412. The molecule has 0 atom stereocenters. The van der Waals surface area contributed by atoms with Gasteiger partial charge in [-0.05, 0) is 24.1 Å². The summed E-state index contributed by atoms with van der Waals surface area (Å²) in [6, 6.07) is 4.20. The highest BCUT2D eigenvalue weighted by Gasteiger charge is 2.12. The third-order valence-electron chi connectivity index (χ3n) is 1.87. The lowest BCUT2D eigenvalue weighted by molar-refractivity contribution is -0.107. The van der Waals surface area contributed by atoms with Crippen molar-refractivity contribution in [2.45, 2.75) is 19.3 Å². The first-order chi connectivity index (χ1) is 6.65. The number of alkyl halides is 2. The zero-order valence-electron chi connectivity index (χ0n) is 7.34. The highest BCUT2D eigenvalue weighted by atomic mass is 35.5. The van der Waals surface area contributed by atoms with Crippen LogP contribution in [-0.2, 0) is 11.2 Å². The van der Waals surface area contributed by atoms with Crippen LogP contribution in [0.1, 0.15) is 24.0 Å². The van der Waals surface area contributed by atoms with E-state index < -0.39 is 6.43 Å². The zero-order valence-corrected chi connectivity index (χ0v) is 8.10. The summed E-state index contributed by atoms with van der Waals surface area (Å²) in [6.45, 7) is 0. The number of rotatable bonds is 4. The van der Waals surface area contributed by atoms with Crippen LogP contribution in [0.5, 0.6) is 0 Å². The summed E-state index contributed by atoms with van der Waals surface area (Å²) in [7, 11) is 0. The minimum Gasteiger partial charge on any atom is -0.303 e. The summed E-state index contributed by atoms with van der Waals surface area (Å²) in [6.07, 6.45) is -1.27. The van der Waals surface area contributed by atoms with Crippen molar-refractivity contribution >= 4 is 17.9 Å². The molecule has 0 bridgehead atoms. The van der Waals surface area contributed by atoms with Gasteiger partial charge in [0.2, 0.25) is 0 Å². The monoisotopic (exact) mass is 218 g/mol. The largest absolute Gasteiger partial charge is 0.303 e. The Morgan fingerprint density at radius 3 is 2.71 bits per heavy atom. The number of hydrogen-bond donors (Lipinski definition) is 0. The Kier molecular flexibility index (Phi) is 4.01. The van der Waals surface area contributed by atoms with E-state index in [1.165, 1.54) is 18.2 Å². The van der Waals surface area contributed by atoms with Crippen molar-refractivity contribution in [2.24, 2.45) is 0 Å². The number of carbonyl (C=O) groups is 1. The fourth-order valence-electron chi connectivity index (χ4n) is 1.22. The fraction of sp³-hybridized carbons (Fsp3) is 0.300. The number of aldehydes is 1. The topological polar surface area (TPSA) is 17.1 Å². The quantitative estimate of drug-likeness (QED) is 0.708. The Morgan fingerprint density at radius 1 is 1.43 bits per heavy atom. The van der Waals surface area contributed by atoms with Crippen LogP contribution in [-0.4, -0.2) is 6.29 Å². The van der Waals surface area contributed by atoms with E-state index >= 15 is 0 Å². The molecule has 0 saturated heterocycles. The molecule has 0 fully saturated rings. The van der Waals surface area contributed by atoms with Crippen LogP contribution in [0.2, 0.25) is 5.02 Å². The van der Waals surface area contributed by atoms with E-state index in [1.807, 2.05) is 0 Å². The molecule has 0 aromatic heterocycles. The molecule has 0 N–H and O–H groups in total. The molecule has 76 valence electrons. The molecule has 0 radical (unpaired) electrons. The Hall–Kier alpha value is -0.960. The van der Waals surface area contributed by atoms with E-state index in [9.17, 15) is 13.6 Å². The van der Waals surface area contributed by atoms with Crippen LogP contribution < -0.4 is 0 Å². The molecule has 1 rings (SSSR count). The first-order valence-corrected chi connectivity index (χ1v) is 4.53. The van der Waals surface area contributed by atoms with E-state index in [0.717, 1.165) is 0 Å². The SMILES string of the molecule is O=CCCc1cc(Cl)ccc1C(F)F. The predicted octanol–water partition coefficient (Wildman–Crippen LogP) is 3.41. The van der Waals surface area contributed by atoms with Crippen LogP contribution in [0.3, 0.4) is 0 Å². The van der Waals surface area contributed by atoms with Gasteiger partial charge in [0.15, 0.2) is 0 Å². The van der Waals surface area contributed by atoms with Gasteiger partial charge in [-0.1, -0.05) is 17.7 Å². The summed E-state index contributed by atoms with van der Waals surface area (Å²) in [5.41, 5.74) is 0.399. The normalized spacial score (nSPS) is 10.6. The second kappa shape index (κ2) is 5.05. The van der Waals surface area contributed by atoms with E-state index in [0.29, 0.717) is 23.3 Å². The van der Waals surface area contributed by atoms with Crippen molar-refractivity contribution in [3.8, 4) is 0 Å². The van der Waals surface area contributed by atoms with Crippen molar-refractivity contribution in [1.82, 2.24) is 0 Å². The molecule has 0 aliphatic carbocycles. The van der Waals surface area contributed by atoms with E-state index in [2.05, 4.69) is 0 Å². The molecule has 0 heterocycles. The number of benzene rings is 1. The van der Waals surface area contributed by atoms with Crippen LogP contribution in [0.4, 0.5) is 8.78 Å². The smallest absolute Gasteiger partial charge is 0.264 e. The Morgan fingerprint density at radius 2 is 2.14 bits per heavy atom. The van der Waals surface area contributed by atoms with E-state index in [1.54, 1.807) is 0 Å². The van der Waals surface area contributed by atoms with Crippen LogP contribution >= 0.6 is 11.6 Å². The second-order valence-electron chi connectivity index (χ2n) is 2.85. The van der Waals surface area contributed by atoms with Gasteiger partial charge < -0.3 is 4.79 Å². The molecule has 0 saturated carbocycles. The first-order valence-electron chi connectivity index (χ1n) is 4.15. The van der Waals surface area contributed by atoms with Gasteiger partial charge in [-0.3, -0.25) is 0 Å². The minimum atomic E-state index is -2.52. The lowest BCUT2D eigenvalue weighted by Gasteiger charge is -2.07. The number of halogens is 3. The predicted molar refractivity (Wildman–Crippen MR) is 50.8 cm³/mol. The van der Waals surface area contributed by atoms with Crippen LogP contribution in [0, 0.1) is 0 Å². The molecule has 1 nitrogen and oxygen atoms in total. The van der Waals surface area contributed by atoms with Crippen LogP contribution in [0.15, 0.2) is 18.2 Å². The maximum atomic E-state index is 12.5. The molecule has 0 spiro atoms. The number of aryl methyl sites for hydroxylation is 1. The van der Waals surface area contributed by atoms with Gasteiger partial charge in [0.1, 0.15) is 6.29 Å². The zero-order chi connectivity index (χ0) is 10.6. The van der Waals surface area contributed by atoms with Gasteiger partial charge in [0.25, 0.3) is 6.43 Å². The molecule has 14 heavy (non-hydrogen) atoms. The standard InChI is InChI=1S/C10H9ClF2O/c11-8-3-4-9(10(12)13)7(6-8)2-1-5-14/h3-6,10H,1-2H2. The average molecular weight is 219 g/mol. The molecule has 1 aromatic carbocycles. The molecule has 0 amide bonds. The van der Waals surface area contributed by atoms with Gasteiger partial charge >= 0.3 is 0 Å². The maximum Gasteiger partial charge on any atom is 0.264 e. The highest BCUT2D eigenvalue weighted by Crippen LogP contribution is 2.26.